The van der Waals surface area contributed by atoms with Gasteiger partial charge in [-0.3, -0.25) is 14.5 Å². The fourth-order valence-electron chi connectivity index (χ4n) is 5.70. The zero-order chi connectivity index (χ0) is 31.8. The molecule has 6 rings (SSSR count). The van der Waals surface area contributed by atoms with Gasteiger partial charge in [0.1, 0.15) is 23.4 Å². The number of aromatic nitrogens is 1. The van der Waals surface area contributed by atoms with Gasteiger partial charge in [0.15, 0.2) is 16.6 Å². The predicted octanol–water partition coefficient (Wildman–Crippen LogP) is 7.08. The maximum atomic E-state index is 13.8. The third-order valence-electron chi connectivity index (χ3n) is 7.94. The number of ketones is 1. The minimum atomic E-state index is -0.973. The maximum Gasteiger partial charge on any atom is 0.301 e. The van der Waals surface area contributed by atoms with Gasteiger partial charge >= 0.3 is 5.91 Å². The summed E-state index contributed by atoms with van der Waals surface area (Å²) in [6, 6.07) is 15.2. The molecule has 3 heterocycles. The Morgan fingerprint density at radius 1 is 1.09 bits per heavy atom. The summed E-state index contributed by atoms with van der Waals surface area (Å²) in [5, 5.41) is 12.1. The lowest BCUT2D eigenvalue weighted by Gasteiger charge is -2.24. The highest BCUT2D eigenvalue weighted by atomic mass is 32.1. The Morgan fingerprint density at radius 3 is 2.67 bits per heavy atom. The van der Waals surface area contributed by atoms with Crippen LogP contribution in [0.5, 0.6) is 23.0 Å². The molecule has 0 radical (unpaired) electrons. The largest absolute Gasteiger partial charge is 0.507 e. The molecule has 9 nitrogen and oxygen atoms in total. The standard InChI is InChI=1S/C35H36N2O7S/c1-6-42-24-9-10-25-29(18-24)45-35(36-25)37-31(21-7-12-27(28(17-21)41-5)43-14-13-19(2)3)30(33(39)34(37)40)32(38)22-8-11-26-23(16-22)15-20(4)44-26/h7-12,16-20,31,38H,6,13-15H2,1-5H3/b32-30+/t20-,31-/m1/s1. The summed E-state index contributed by atoms with van der Waals surface area (Å²) in [4.78, 5) is 33.8. The molecular formula is C35H36N2O7S. The normalized spacial score (nSPS) is 18.8. The number of hydrogen-bond acceptors (Lipinski definition) is 9. The number of hydrogen-bond donors (Lipinski definition) is 1. The van der Waals surface area contributed by atoms with Crippen molar-refractivity contribution in [3.63, 3.8) is 0 Å². The SMILES string of the molecule is CCOc1ccc2nc(N3C(=O)C(=O)/C(=C(/O)c4ccc5c(c4)C[C@@H](C)O5)[C@H]3c3ccc(OCCC(C)C)c(OC)c3)sc2c1. The highest BCUT2D eigenvalue weighted by Crippen LogP contribution is 2.46. The smallest absolute Gasteiger partial charge is 0.301 e. The predicted molar refractivity (Wildman–Crippen MR) is 174 cm³/mol. The summed E-state index contributed by atoms with van der Waals surface area (Å²) in [7, 11) is 1.54. The van der Waals surface area contributed by atoms with Crippen molar-refractivity contribution in [2.75, 3.05) is 25.2 Å². The number of amides is 1. The Hall–Kier alpha value is -4.57. The number of carbonyl (C=O) groups excluding carboxylic acids is 2. The second kappa shape index (κ2) is 12.4. The average molecular weight is 629 g/mol. The maximum absolute atomic E-state index is 13.8. The number of aliphatic hydroxyl groups is 1. The Kier molecular flexibility index (Phi) is 8.42. The van der Waals surface area contributed by atoms with E-state index in [2.05, 4.69) is 13.8 Å². The number of methoxy groups -OCH3 is 1. The van der Waals surface area contributed by atoms with Gasteiger partial charge in [-0.1, -0.05) is 31.3 Å². The fraction of sp³-hybridized carbons (Fsp3) is 0.343. The molecule has 1 aromatic heterocycles. The molecule has 2 atom stereocenters. The van der Waals surface area contributed by atoms with Crippen LogP contribution in [0.2, 0.25) is 0 Å². The number of carbonyl (C=O) groups is 2. The van der Waals surface area contributed by atoms with Crippen molar-refractivity contribution in [1.82, 2.24) is 4.98 Å². The van der Waals surface area contributed by atoms with Gasteiger partial charge in [0.05, 0.1) is 42.2 Å². The van der Waals surface area contributed by atoms with Gasteiger partial charge in [-0.2, -0.15) is 0 Å². The summed E-state index contributed by atoms with van der Waals surface area (Å²) in [5.41, 5.74) is 2.56. The van der Waals surface area contributed by atoms with Gasteiger partial charge in [-0.05, 0) is 85.8 Å². The number of nitrogens with zero attached hydrogens (tertiary/aromatic N) is 2. The van der Waals surface area contributed by atoms with Crippen molar-refractivity contribution in [3.05, 3.63) is 76.9 Å². The Bertz CT molecular complexity index is 1810. The van der Waals surface area contributed by atoms with E-state index in [1.807, 2.05) is 38.1 Å². The van der Waals surface area contributed by atoms with Crippen molar-refractivity contribution in [3.8, 4) is 23.0 Å². The molecule has 0 bridgehead atoms. The number of fused-ring (bicyclic) bond motifs is 2. The lowest BCUT2D eigenvalue weighted by Crippen LogP contribution is -2.29. The monoisotopic (exact) mass is 628 g/mol. The second-order valence-electron chi connectivity index (χ2n) is 11.6. The van der Waals surface area contributed by atoms with Crippen molar-refractivity contribution < 1.29 is 33.6 Å². The first-order chi connectivity index (χ1) is 21.7. The third kappa shape index (κ3) is 5.82. The molecule has 0 spiro atoms. The number of ether oxygens (including phenoxy) is 4. The molecule has 45 heavy (non-hydrogen) atoms. The summed E-state index contributed by atoms with van der Waals surface area (Å²) < 4.78 is 24.0. The molecule has 4 aromatic rings. The van der Waals surface area contributed by atoms with Crippen LogP contribution in [0, 0.1) is 5.92 Å². The first-order valence-corrected chi connectivity index (χ1v) is 15.9. The van der Waals surface area contributed by atoms with E-state index in [0.717, 1.165) is 22.4 Å². The number of Topliss-reactive ketones (excluding diaryl/α,β-unsaturated/α-hetero) is 1. The highest BCUT2D eigenvalue weighted by Gasteiger charge is 2.48. The van der Waals surface area contributed by atoms with Crippen LogP contribution in [0.3, 0.4) is 0 Å². The molecule has 1 fully saturated rings. The van der Waals surface area contributed by atoms with E-state index in [0.29, 0.717) is 64.6 Å². The van der Waals surface area contributed by atoms with Crippen LogP contribution in [0.25, 0.3) is 16.0 Å². The van der Waals surface area contributed by atoms with E-state index in [1.165, 1.54) is 16.2 Å². The van der Waals surface area contributed by atoms with Crippen LogP contribution in [-0.4, -0.2) is 48.2 Å². The molecular weight excluding hydrogens is 592 g/mol. The van der Waals surface area contributed by atoms with E-state index in [9.17, 15) is 14.7 Å². The summed E-state index contributed by atoms with van der Waals surface area (Å²) in [6.07, 6.45) is 1.57. The van der Waals surface area contributed by atoms with Crippen LogP contribution < -0.4 is 23.8 Å². The molecule has 1 amide bonds. The number of thiazole rings is 1. The topological polar surface area (TPSA) is 107 Å². The van der Waals surface area contributed by atoms with Gasteiger partial charge in [0.25, 0.3) is 5.78 Å². The van der Waals surface area contributed by atoms with E-state index >= 15 is 0 Å². The first kappa shape index (κ1) is 30.5. The number of anilines is 1. The van der Waals surface area contributed by atoms with Crippen molar-refractivity contribution in [1.29, 1.82) is 0 Å². The fourth-order valence-corrected chi connectivity index (χ4v) is 6.72. The minimum absolute atomic E-state index is 0.0130. The van der Waals surface area contributed by atoms with E-state index in [4.69, 9.17) is 23.9 Å². The van der Waals surface area contributed by atoms with E-state index in [1.54, 1.807) is 37.4 Å². The second-order valence-corrected chi connectivity index (χ2v) is 12.6. The van der Waals surface area contributed by atoms with E-state index < -0.39 is 17.7 Å². The first-order valence-electron chi connectivity index (χ1n) is 15.1. The van der Waals surface area contributed by atoms with Crippen LogP contribution in [0.1, 0.15) is 56.8 Å². The zero-order valence-electron chi connectivity index (χ0n) is 26.0. The molecule has 234 valence electrons. The van der Waals surface area contributed by atoms with Crippen LogP contribution >= 0.6 is 11.3 Å². The van der Waals surface area contributed by atoms with Crippen molar-refractivity contribution >= 4 is 44.1 Å². The average Bonchev–Trinajstić information content (AvgIpc) is 3.68. The Balaban J connectivity index is 1.48. The molecule has 10 heteroatoms. The molecule has 0 saturated carbocycles. The quantitative estimate of drug-likeness (QED) is 0.113. The summed E-state index contributed by atoms with van der Waals surface area (Å²) >= 11 is 1.28. The van der Waals surface area contributed by atoms with Gasteiger partial charge in [-0.15, -0.1) is 0 Å². The van der Waals surface area contributed by atoms with Crippen molar-refractivity contribution in [2.45, 2.75) is 52.7 Å². The summed E-state index contributed by atoms with van der Waals surface area (Å²) in [6.45, 7) is 9.16. The Morgan fingerprint density at radius 2 is 1.91 bits per heavy atom. The minimum Gasteiger partial charge on any atom is -0.507 e. The van der Waals surface area contributed by atoms with E-state index in [-0.39, 0.29) is 17.4 Å². The molecule has 0 unspecified atom stereocenters. The molecule has 0 aliphatic carbocycles. The number of rotatable bonds is 10. The number of aliphatic hydroxyl groups excluding tert-OH is 1. The molecule has 2 aliphatic heterocycles. The number of benzene rings is 3. The van der Waals surface area contributed by atoms with Crippen molar-refractivity contribution in [2.24, 2.45) is 5.92 Å². The third-order valence-corrected chi connectivity index (χ3v) is 8.95. The molecule has 2 aliphatic rings. The van der Waals surface area contributed by atoms with Gasteiger partial charge in [-0.25, -0.2) is 4.98 Å². The van der Waals surface area contributed by atoms with Crippen LogP contribution in [-0.2, 0) is 16.0 Å². The van der Waals surface area contributed by atoms with Gasteiger partial charge < -0.3 is 24.1 Å². The van der Waals surface area contributed by atoms with Crippen LogP contribution in [0.4, 0.5) is 5.13 Å². The lowest BCUT2D eigenvalue weighted by atomic mass is 9.94. The van der Waals surface area contributed by atoms with Crippen LogP contribution in [0.15, 0.2) is 60.2 Å². The molecule has 1 N–H and O–H groups in total. The molecule has 1 saturated heterocycles. The Labute approximate surface area is 266 Å². The summed E-state index contributed by atoms with van der Waals surface area (Å²) in [5.74, 6) is 1.07. The zero-order valence-corrected chi connectivity index (χ0v) is 26.8. The highest BCUT2D eigenvalue weighted by molar-refractivity contribution is 7.22. The lowest BCUT2D eigenvalue weighted by molar-refractivity contribution is -0.132. The van der Waals surface area contributed by atoms with Gasteiger partial charge in [0, 0.05) is 12.0 Å². The van der Waals surface area contributed by atoms with Gasteiger partial charge in [0.2, 0.25) is 0 Å². The molecule has 3 aromatic carbocycles.